The van der Waals surface area contributed by atoms with Crippen LogP contribution in [0.2, 0.25) is 5.02 Å². The first-order valence-corrected chi connectivity index (χ1v) is 4.31. The third-order valence-electron chi connectivity index (χ3n) is 1.84. The molecule has 0 radical (unpaired) electrons. The Morgan fingerprint density at radius 1 is 1.50 bits per heavy atom. The third kappa shape index (κ3) is 1.97. The molecular weight excluding hydrogens is 174 g/mol. The lowest BCUT2D eigenvalue weighted by Gasteiger charge is -2.13. The summed E-state index contributed by atoms with van der Waals surface area (Å²) in [5.41, 5.74) is 3.16. The molecule has 1 rings (SSSR count). The molecule has 3 heteroatoms. The van der Waals surface area contributed by atoms with Gasteiger partial charge in [0.2, 0.25) is 0 Å². The highest BCUT2D eigenvalue weighted by Gasteiger charge is 2.09. The molecule has 1 aromatic carbocycles. The quantitative estimate of drug-likeness (QED) is 0.710. The maximum absolute atomic E-state index is 8.80. The molecular formula is C9H12ClNO. The molecule has 0 saturated heterocycles. The highest BCUT2D eigenvalue weighted by Crippen LogP contribution is 2.23. The second-order valence-electron chi connectivity index (χ2n) is 2.61. The Bertz CT molecular complexity index is 248. The zero-order chi connectivity index (χ0) is 8.97. The van der Waals surface area contributed by atoms with Crippen LogP contribution in [-0.2, 0) is 0 Å². The zero-order valence-corrected chi connectivity index (χ0v) is 7.67. The minimum absolute atomic E-state index is 0.0706. The largest absolute Gasteiger partial charge is 0.316 e. The van der Waals surface area contributed by atoms with Gasteiger partial charge in [0.05, 0.1) is 6.04 Å². The van der Waals surface area contributed by atoms with E-state index in [4.69, 9.17) is 16.8 Å². The van der Waals surface area contributed by atoms with Crippen molar-refractivity contribution in [2.45, 2.75) is 19.4 Å². The van der Waals surface area contributed by atoms with E-state index in [1.807, 2.05) is 31.2 Å². The average Bonchev–Trinajstić information content (AvgIpc) is 2.10. The Hall–Kier alpha value is -0.570. The Morgan fingerprint density at radius 2 is 2.17 bits per heavy atom. The van der Waals surface area contributed by atoms with E-state index in [9.17, 15) is 0 Å². The summed E-state index contributed by atoms with van der Waals surface area (Å²) in [7, 11) is 0. The highest BCUT2D eigenvalue weighted by molar-refractivity contribution is 6.31. The maximum Gasteiger partial charge on any atom is 0.0581 e. The van der Waals surface area contributed by atoms with Crippen molar-refractivity contribution in [2.24, 2.45) is 0 Å². The smallest absolute Gasteiger partial charge is 0.0581 e. The van der Waals surface area contributed by atoms with Gasteiger partial charge in [0.1, 0.15) is 0 Å². The lowest BCUT2D eigenvalue weighted by Crippen LogP contribution is -2.16. The van der Waals surface area contributed by atoms with Crippen molar-refractivity contribution < 1.29 is 5.21 Å². The predicted octanol–water partition coefficient (Wildman–Crippen LogP) is 2.77. The van der Waals surface area contributed by atoms with Crippen molar-refractivity contribution in [2.75, 3.05) is 0 Å². The molecule has 0 spiro atoms. The van der Waals surface area contributed by atoms with Crippen molar-refractivity contribution in [3.8, 4) is 0 Å². The Labute approximate surface area is 77.1 Å². The van der Waals surface area contributed by atoms with Gasteiger partial charge >= 0.3 is 0 Å². The lowest BCUT2D eigenvalue weighted by molar-refractivity contribution is 0.124. The Morgan fingerprint density at radius 3 is 2.67 bits per heavy atom. The molecule has 2 N–H and O–H groups in total. The van der Waals surface area contributed by atoms with Gasteiger partial charge in [-0.1, -0.05) is 36.7 Å². The Balaban J connectivity index is 2.92. The third-order valence-corrected chi connectivity index (χ3v) is 2.19. The molecule has 0 aliphatic carbocycles. The van der Waals surface area contributed by atoms with Gasteiger partial charge in [-0.3, -0.25) is 0 Å². The molecule has 66 valence electrons. The van der Waals surface area contributed by atoms with E-state index < -0.39 is 0 Å². The fourth-order valence-corrected chi connectivity index (χ4v) is 1.41. The first-order valence-electron chi connectivity index (χ1n) is 3.93. The fraction of sp³-hybridized carbons (Fsp3) is 0.333. The minimum atomic E-state index is -0.0706. The molecule has 0 heterocycles. The van der Waals surface area contributed by atoms with Crippen molar-refractivity contribution in [3.05, 3.63) is 34.9 Å². The highest BCUT2D eigenvalue weighted by atomic mass is 35.5. The van der Waals surface area contributed by atoms with E-state index >= 15 is 0 Å². The summed E-state index contributed by atoms with van der Waals surface area (Å²) >= 11 is 5.93. The number of hydrogen-bond donors (Lipinski definition) is 2. The second-order valence-corrected chi connectivity index (χ2v) is 3.02. The van der Waals surface area contributed by atoms with Gasteiger partial charge in [-0.25, -0.2) is 0 Å². The van der Waals surface area contributed by atoms with Crippen molar-refractivity contribution in [3.63, 3.8) is 0 Å². The summed E-state index contributed by atoms with van der Waals surface area (Å²) in [4.78, 5) is 0. The van der Waals surface area contributed by atoms with Crippen LogP contribution in [0.15, 0.2) is 24.3 Å². The van der Waals surface area contributed by atoms with Gasteiger partial charge in [0.25, 0.3) is 0 Å². The van der Waals surface area contributed by atoms with Crippen LogP contribution >= 0.6 is 11.6 Å². The predicted molar refractivity (Wildman–Crippen MR) is 49.4 cm³/mol. The SMILES string of the molecule is CC[C@@H](NO)c1ccccc1Cl. The van der Waals surface area contributed by atoms with E-state index in [1.54, 1.807) is 0 Å². The topological polar surface area (TPSA) is 32.3 Å². The summed E-state index contributed by atoms with van der Waals surface area (Å²) in [6, 6.07) is 7.42. The zero-order valence-electron chi connectivity index (χ0n) is 6.92. The van der Waals surface area contributed by atoms with E-state index in [0.717, 1.165) is 12.0 Å². The molecule has 12 heavy (non-hydrogen) atoms. The summed E-state index contributed by atoms with van der Waals surface area (Å²) in [6.45, 7) is 1.98. The van der Waals surface area contributed by atoms with Crippen molar-refractivity contribution in [1.82, 2.24) is 5.48 Å². The molecule has 0 saturated carbocycles. The first-order chi connectivity index (χ1) is 5.79. The molecule has 0 aliphatic rings. The second kappa shape index (κ2) is 4.45. The number of rotatable bonds is 3. The summed E-state index contributed by atoms with van der Waals surface area (Å²) < 4.78 is 0. The number of hydrogen-bond acceptors (Lipinski definition) is 2. The van der Waals surface area contributed by atoms with Crippen molar-refractivity contribution in [1.29, 1.82) is 0 Å². The molecule has 0 fully saturated rings. The normalized spacial score (nSPS) is 12.9. The molecule has 0 aliphatic heterocycles. The monoisotopic (exact) mass is 185 g/mol. The summed E-state index contributed by atoms with van der Waals surface area (Å²) in [5.74, 6) is 0. The van der Waals surface area contributed by atoms with E-state index in [0.29, 0.717) is 5.02 Å². The van der Waals surface area contributed by atoms with Gasteiger partial charge in [0, 0.05) is 5.02 Å². The number of halogens is 1. The molecule has 0 aromatic heterocycles. The number of nitrogens with one attached hydrogen (secondary N) is 1. The van der Waals surface area contributed by atoms with Crippen LogP contribution in [0.5, 0.6) is 0 Å². The standard InChI is InChI=1S/C9H12ClNO/c1-2-9(11-12)7-5-3-4-6-8(7)10/h3-6,9,11-12H,2H2,1H3/t9-/m1/s1. The van der Waals surface area contributed by atoms with Crippen LogP contribution in [0.25, 0.3) is 0 Å². The van der Waals surface area contributed by atoms with E-state index in [2.05, 4.69) is 5.48 Å². The fourth-order valence-electron chi connectivity index (χ4n) is 1.14. The van der Waals surface area contributed by atoms with Crippen molar-refractivity contribution >= 4 is 11.6 Å². The summed E-state index contributed by atoms with van der Waals surface area (Å²) in [5, 5.41) is 9.48. The van der Waals surface area contributed by atoms with E-state index in [1.165, 1.54) is 0 Å². The van der Waals surface area contributed by atoms with Gasteiger partial charge in [0.15, 0.2) is 0 Å². The lowest BCUT2D eigenvalue weighted by atomic mass is 10.1. The van der Waals surface area contributed by atoms with Gasteiger partial charge < -0.3 is 5.21 Å². The minimum Gasteiger partial charge on any atom is -0.316 e. The van der Waals surface area contributed by atoms with Crippen LogP contribution in [0.3, 0.4) is 0 Å². The number of benzene rings is 1. The molecule has 0 amide bonds. The van der Waals surface area contributed by atoms with Gasteiger partial charge in [-0.15, -0.1) is 0 Å². The van der Waals surface area contributed by atoms with Crippen LogP contribution in [0, 0.1) is 0 Å². The molecule has 0 bridgehead atoms. The number of hydroxylamine groups is 1. The van der Waals surface area contributed by atoms with Crippen LogP contribution < -0.4 is 5.48 Å². The Kier molecular flexibility index (Phi) is 3.53. The van der Waals surface area contributed by atoms with Gasteiger partial charge in [-0.2, -0.15) is 5.48 Å². The molecule has 2 nitrogen and oxygen atoms in total. The van der Waals surface area contributed by atoms with E-state index in [-0.39, 0.29) is 6.04 Å². The molecule has 0 unspecified atom stereocenters. The summed E-state index contributed by atoms with van der Waals surface area (Å²) in [6.07, 6.45) is 0.806. The van der Waals surface area contributed by atoms with Crippen LogP contribution in [-0.4, -0.2) is 5.21 Å². The maximum atomic E-state index is 8.80. The first kappa shape index (κ1) is 9.52. The average molecular weight is 186 g/mol. The van der Waals surface area contributed by atoms with Gasteiger partial charge in [-0.05, 0) is 18.1 Å². The molecule has 1 aromatic rings. The van der Waals surface area contributed by atoms with Crippen LogP contribution in [0.4, 0.5) is 0 Å². The molecule has 1 atom stereocenters. The van der Waals surface area contributed by atoms with Crippen LogP contribution in [0.1, 0.15) is 24.9 Å².